The van der Waals surface area contributed by atoms with Crippen molar-refractivity contribution in [2.45, 2.75) is 57.6 Å². The van der Waals surface area contributed by atoms with Crippen LogP contribution in [0.3, 0.4) is 0 Å². The van der Waals surface area contributed by atoms with Gasteiger partial charge in [0.15, 0.2) is 0 Å². The number of carbonyl (C=O) groups is 2. The normalized spacial score (nSPS) is 12.9. The molecule has 11 heteroatoms. The monoisotopic (exact) mass is 623 g/mol. The lowest BCUT2D eigenvalue weighted by Gasteiger charge is -2.33. The quantitative estimate of drug-likeness (QED) is 0.265. The molecular formula is C29H32Cl3N3O4S. The topological polar surface area (TPSA) is 86.8 Å². The molecule has 0 spiro atoms. The van der Waals surface area contributed by atoms with Crippen LogP contribution in [0.5, 0.6) is 0 Å². The van der Waals surface area contributed by atoms with Crippen LogP contribution in [0.15, 0.2) is 71.6 Å². The zero-order valence-electron chi connectivity index (χ0n) is 22.7. The van der Waals surface area contributed by atoms with Crippen LogP contribution in [-0.4, -0.2) is 43.8 Å². The van der Waals surface area contributed by atoms with E-state index in [1.807, 2.05) is 13.8 Å². The van der Waals surface area contributed by atoms with Crippen molar-refractivity contribution < 1.29 is 18.0 Å². The summed E-state index contributed by atoms with van der Waals surface area (Å²) < 4.78 is 28.8. The molecular weight excluding hydrogens is 593 g/mol. The minimum Gasteiger partial charge on any atom is -0.352 e. The smallest absolute Gasteiger partial charge is 0.264 e. The van der Waals surface area contributed by atoms with Gasteiger partial charge in [0, 0.05) is 17.6 Å². The Morgan fingerprint density at radius 3 is 2.20 bits per heavy atom. The summed E-state index contributed by atoms with van der Waals surface area (Å²) in [7, 11) is -4.19. The molecule has 2 atom stereocenters. The van der Waals surface area contributed by atoms with Crippen molar-refractivity contribution in [1.29, 1.82) is 0 Å². The fraction of sp³-hybridized carbons (Fsp3) is 0.310. The largest absolute Gasteiger partial charge is 0.352 e. The van der Waals surface area contributed by atoms with Crippen molar-refractivity contribution in [3.63, 3.8) is 0 Å². The predicted octanol–water partition coefficient (Wildman–Crippen LogP) is 6.48. The number of anilines is 1. The summed E-state index contributed by atoms with van der Waals surface area (Å²) in [6.45, 7) is 6.53. The van der Waals surface area contributed by atoms with Gasteiger partial charge >= 0.3 is 0 Å². The number of nitrogens with zero attached hydrogens (tertiary/aromatic N) is 2. The number of benzene rings is 3. The summed E-state index contributed by atoms with van der Waals surface area (Å²) in [6, 6.07) is 16.6. The minimum atomic E-state index is -4.19. The summed E-state index contributed by atoms with van der Waals surface area (Å²) in [5.74, 6) is -0.948. The maximum absolute atomic E-state index is 14.0. The van der Waals surface area contributed by atoms with Gasteiger partial charge < -0.3 is 10.2 Å². The van der Waals surface area contributed by atoms with Gasteiger partial charge in [0.05, 0.1) is 20.6 Å². The molecule has 0 heterocycles. The average molecular weight is 625 g/mol. The Kier molecular flexibility index (Phi) is 10.9. The molecule has 40 heavy (non-hydrogen) atoms. The molecule has 3 rings (SSSR count). The first-order valence-corrected chi connectivity index (χ1v) is 15.3. The fourth-order valence-electron chi connectivity index (χ4n) is 3.98. The number of hydrogen-bond acceptors (Lipinski definition) is 4. The van der Waals surface area contributed by atoms with E-state index in [9.17, 15) is 18.0 Å². The molecule has 0 aliphatic heterocycles. The fourth-order valence-corrected chi connectivity index (χ4v) is 5.97. The van der Waals surface area contributed by atoms with Crippen molar-refractivity contribution in [3.8, 4) is 0 Å². The highest BCUT2D eigenvalue weighted by Gasteiger charge is 2.33. The van der Waals surface area contributed by atoms with Gasteiger partial charge in [-0.2, -0.15) is 0 Å². The summed E-state index contributed by atoms with van der Waals surface area (Å²) in [5.41, 5.74) is 1.38. The van der Waals surface area contributed by atoms with E-state index in [0.717, 1.165) is 4.31 Å². The predicted molar refractivity (Wildman–Crippen MR) is 162 cm³/mol. The van der Waals surface area contributed by atoms with E-state index in [-0.39, 0.29) is 29.1 Å². The zero-order chi connectivity index (χ0) is 29.6. The second-order valence-corrected chi connectivity index (χ2v) is 12.6. The molecule has 3 aromatic carbocycles. The second-order valence-electron chi connectivity index (χ2n) is 9.47. The van der Waals surface area contributed by atoms with Gasteiger partial charge in [-0.15, -0.1) is 0 Å². The van der Waals surface area contributed by atoms with Gasteiger partial charge in [-0.05, 0) is 74.7 Å². The molecule has 3 aromatic rings. The number of amides is 2. The van der Waals surface area contributed by atoms with E-state index >= 15 is 0 Å². The molecule has 7 nitrogen and oxygen atoms in total. The lowest BCUT2D eigenvalue weighted by atomic mass is 10.1. The average Bonchev–Trinajstić information content (AvgIpc) is 2.93. The van der Waals surface area contributed by atoms with Crippen molar-refractivity contribution in [2.75, 3.05) is 10.8 Å². The van der Waals surface area contributed by atoms with E-state index in [2.05, 4.69) is 5.32 Å². The molecule has 0 fully saturated rings. The lowest BCUT2D eigenvalue weighted by Crippen LogP contribution is -2.52. The van der Waals surface area contributed by atoms with Crippen molar-refractivity contribution in [2.24, 2.45) is 0 Å². The Bertz CT molecular complexity index is 1470. The van der Waals surface area contributed by atoms with Crippen molar-refractivity contribution in [1.82, 2.24) is 10.2 Å². The third-order valence-electron chi connectivity index (χ3n) is 6.62. The maximum atomic E-state index is 14.0. The molecule has 0 aromatic heterocycles. The summed E-state index contributed by atoms with van der Waals surface area (Å²) in [5, 5.41) is 3.90. The standard InChI is InChI=1S/C29H32Cl3N3O4S/c1-5-19(2)33-29(37)21(4)34(17-22-14-15-25(31)26(32)16-22)28(36)18-35(27-13-9-12-24(30)20(27)3)40(38,39)23-10-7-6-8-11-23/h6-16,19,21H,5,17-18H2,1-4H3,(H,33,37)/t19-,21-/m1/s1. The molecule has 2 amide bonds. The Morgan fingerprint density at radius 2 is 1.57 bits per heavy atom. The van der Waals surface area contributed by atoms with E-state index < -0.39 is 28.5 Å². The zero-order valence-corrected chi connectivity index (χ0v) is 25.8. The van der Waals surface area contributed by atoms with Gasteiger partial charge in [-0.1, -0.05) is 72.1 Å². The summed E-state index contributed by atoms with van der Waals surface area (Å²) >= 11 is 18.6. The first-order valence-electron chi connectivity index (χ1n) is 12.7. The van der Waals surface area contributed by atoms with Crippen LogP contribution in [0.2, 0.25) is 15.1 Å². The van der Waals surface area contributed by atoms with E-state index in [1.165, 1.54) is 17.0 Å². The Labute approximate surface area is 251 Å². The number of rotatable bonds is 11. The number of carbonyl (C=O) groups excluding carboxylic acids is 2. The summed E-state index contributed by atoms with van der Waals surface area (Å²) in [6.07, 6.45) is 0.705. The Balaban J connectivity index is 2.07. The second kappa shape index (κ2) is 13.7. The van der Waals surface area contributed by atoms with Gasteiger partial charge in [0.1, 0.15) is 12.6 Å². The van der Waals surface area contributed by atoms with Gasteiger partial charge in [-0.25, -0.2) is 8.42 Å². The van der Waals surface area contributed by atoms with E-state index in [4.69, 9.17) is 34.8 Å². The highest BCUT2D eigenvalue weighted by Crippen LogP contribution is 2.31. The number of halogens is 3. The van der Waals surface area contributed by atoms with Crippen LogP contribution in [0, 0.1) is 6.92 Å². The number of hydrogen-bond donors (Lipinski definition) is 1. The van der Waals surface area contributed by atoms with Gasteiger partial charge in [0.25, 0.3) is 10.0 Å². The molecule has 0 aliphatic rings. The highest BCUT2D eigenvalue weighted by atomic mass is 35.5. The Morgan fingerprint density at radius 1 is 0.900 bits per heavy atom. The highest BCUT2D eigenvalue weighted by molar-refractivity contribution is 7.92. The lowest BCUT2D eigenvalue weighted by molar-refractivity contribution is -0.139. The number of sulfonamides is 1. The van der Waals surface area contributed by atoms with Gasteiger partial charge in [0.2, 0.25) is 11.8 Å². The van der Waals surface area contributed by atoms with Crippen LogP contribution in [0.4, 0.5) is 5.69 Å². The van der Waals surface area contributed by atoms with Crippen LogP contribution >= 0.6 is 34.8 Å². The molecule has 0 aliphatic carbocycles. The SMILES string of the molecule is CC[C@@H](C)NC(=O)[C@@H](C)N(Cc1ccc(Cl)c(Cl)c1)C(=O)CN(c1cccc(Cl)c1C)S(=O)(=O)c1ccccc1. The molecule has 0 saturated carbocycles. The molecule has 0 unspecified atom stereocenters. The van der Waals surface area contributed by atoms with E-state index in [0.29, 0.717) is 32.6 Å². The third kappa shape index (κ3) is 7.49. The molecule has 214 valence electrons. The van der Waals surface area contributed by atoms with Gasteiger partial charge in [-0.3, -0.25) is 13.9 Å². The van der Waals surface area contributed by atoms with Crippen LogP contribution in [0.25, 0.3) is 0 Å². The van der Waals surface area contributed by atoms with Crippen LogP contribution < -0.4 is 9.62 Å². The molecule has 0 saturated heterocycles. The number of nitrogens with one attached hydrogen (secondary N) is 1. The summed E-state index contributed by atoms with van der Waals surface area (Å²) in [4.78, 5) is 28.5. The van der Waals surface area contributed by atoms with E-state index in [1.54, 1.807) is 68.4 Å². The third-order valence-corrected chi connectivity index (χ3v) is 9.55. The molecule has 0 radical (unpaired) electrons. The first kappa shape index (κ1) is 31.7. The van der Waals surface area contributed by atoms with Crippen LogP contribution in [0.1, 0.15) is 38.3 Å². The van der Waals surface area contributed by atoms with Crippen LogP contribution in [-0.2, 0) is 26.2 Å². The van der Waals surface area contributed by atoms with Crippen molar-refractivity contribution in [3.05, 3.63) is 92.9 Å². The first-order chi connectivity index (χ1) is 18.9. The minimum absolute atomic E-state index is 0.00142. The molecule has 1 N–H and O–H groups in total. The van der Waals surface area contributed by atoms with Crippen molar-refractivity contribution >= 4 is 62.3 Å². The molecule has 0 bridgehead atoms. The maximum Gasteiger partial charge on any atom is 0.264 e. The Hall–Kier alpha value is -2.78.